The topological polar surface area (TPSA) is 15.0 Å². The lowest BCUT2D eigenvalue weighted by molar-refractivity contribution is 0.452. The maximum Gasteiger partial charge on any atom is 0.0423 e. The molecule has 0 saturated carbocycles. The van der Waals surface area contributed by atoms with E-state index in [1.54, 1.807) is 0 Å². The van der Waals surface area contributed by atoms with Crippen molar-refractivity contribution in [1.82, 2.24) is 10.4 Å². The summed E-state index contributed by atoms with van der Waals surface area (Å²) in [6, 6.07) is 0.903. The highest BCUT2D eigenvalue weighted by Crippen LogP contribution is 2.27. The molecule has 3 atom stereocenters. The highest BCUT2D eigenvalue weighted by Gasteiger charge is 2.43. The molecule has 2 heteroatoms. The minimum Gasteiger partial charge on any atom is -0.254 e. The molecule has 2 aliphatic rings. The average molecular weight is 98.1 g/mol. The van der Waals surface area contributed by atoms with Crippen LogP contribution in [0.4, 0.5) is 0 Å². The molecular formula is C5H10N2. The molecule has 0 spiro atoms. The van der Waals surface area contributed by atoms with E-state index in [0.29, 0.717) is 0 Å². The zero-order chi connectivity index (χ0) is 4.85. The highest BCUT2D eigenvalue weighted by molar-refractivity contribution is 4.96. The number of nitrogens with one attached hydrogen (secondary N) is 1. The predicted octanol–water partition coefficient (Wildman–Crippen LogP) is -0.175. The molecule has 7 heavy (non-hydrogen) atoms. The first kappa shape index (κ1) is 3.87. The molecule has 2 rings (SSSR count). The standard InChI is InChI=1S/C5H10N2/c1-4-2-6-7-3-5(4)7/h4-6H,2-3H2,1H3. The van der Waals surface area contributed by atoms with E-state index in [1.165, 1.54) is 13.1 Å². The second kappa shape index (κ2) is 1.01. The zero-order valence-electron chi connectivity index (χ0n) is 4.52. The van der Waals surface area contributed by atoms with Crippen LogP contribution in [0.15, 0.2) is 0 Å². The van der Waals surface area contributed by atoms with Gasteiger partial charge in [0.05, 0.1) is 0 Å². The lowest BCUT2D eigenvalue weighted by atomic mass is 10.1. The fourth-order valence-corrected chi connectivity index (χ4v) is 1.22. The van der Waals surface area contributed by atoms with E-state index in [1.807, 2.05) is 0 Å². The van der Waals surface area contributed by atoms with E-state index in [-0.39, 0.29) is 0 Å². The van der Waals surface area contributed by atoms with Gasteiger partial charge in [0.25, 0.3) is 0 Å². The molecule has 0 aliphatic carbocycles. The first-order valence-electron chi connectivity index (χ1n) is 2.88. The summed E-state index contributed by atoms with van der Waals surface area (Å²) in [6.45, 7) is 4.79. The molecule has 2 aliphatic heterocycles. The normalized spacial score (nSPS) is 57.0. The number of hydrogen-bond donors (Lipinski definition) is 1. The smallest absolute Gasteiger partial charge is 0.0423 e. The van der Waals surface area contributed by atoms with Gasteiger partial charge in [0.15, 0.2) is 0 Å². The van der Waals surface area contributed by atoms with Gasteiger partial charge < -0.3 is 0 Å². The van der Waals surface area contributed by atoms with E-state index >= 15 is 0 Å². The van der Waals surface area contributed by atoms with Gasteiger partial charge in [-0.3, -0.25) is 5.43 Å². The Morgan fingerprint density at radius 2 is 2.57 bits per heavy atom. The summed E-state index contributed by atoms with van der Waals surface area (Å²) < 4.78 is 0. The van der Waals surface area contributed by atoms with Crippen LogP contribution in [0.25, 0.3) is 0 Å². The van der Waals surface area contributed by atoms with Crippen LogP contribution in [0.2, 0.25) is 0 Å². The SMILES string of the molecule is CC1CNN2CC12. The molecule has 40 valence electrons. The molecule has 0 aromatic heterocycles. The van der Waals surface area contributed by atoms with Gasteiger partial charge in [-0.1, -0.05) is 6.92 Å². The summed E-state index contributed by atoms with van der Waals surface area (Å²) in [5.74, 6) is 0.903. The Hall–Kier alpha value is -0.0800. The molecule has 0 aromatic carbocycles. The maximum absolute atomic E-state index is 3.28. The third-order valence-corrected chi connectivity index (χ3v) is 1.92. The summed E-state index contributed by atoms with van der Waals surface area (Å²) in [7, 11) is 0. The third-order valence-electron chi connectivity index (χ3n) is 1.92. The molecule has 0 radical (unpaired) electrons. The Morgan fingerprint density at radius 3 is 2.71 bits per heavy atom. The van der Waals surface area contributed by atoms with Crippen molar-refractivity contribution in [2.45, 2.75) is 13.0 Å². The van der Waals surface area contributed by atoms with Crippen molar-refractivity contribution in [2.24, 2.45) is 5.92 Å². The number of fused-ring (bicyclic) bond motifs is 1. The largest absolute Gasteiger partial charge is 0.254 e. The van der Waals surface area contributed by atoms with Gasteiger partial charge in [-0.2, -0.15) is 0 Å². The third kappa shape index (κ3) is 0.409. The van der Waals surface area contributed by atoms with E-state index < -0.39 is 0 Å². The van der Waals surface area contributed by atoms with Gasteiger partial charge >= 0.3 is 0 Å². The van der Waals surface area contributed by atoms with Crippen LogP contribution in [-0.4, -0.2) is 24.1 Å². The summed E-state index contributed by atoms with van der Waals surface area (Å²) in [4.78, 5) is 0. The summed E-state index contributed by atoms with van der Waals surface area (Å²) >= 11 is 0. The van der Waals surface area contributed by atoms with Crippen molar-refractivity contribution in [1.29, 1.82) is 0 Å². The number of hydrogen-bond acceptors (Lipinski definition) is 2. The molecular weight excluding hydrogens is 88.1 g/mol. The Kier molecular flexibility index (Phi) is 0.557. The van der Waals surface area contributed by atoms with E-state index in [2.05, 4.69) is 17.4 Å². The first-order valence-corrected chi connectivity index (χ1v) is 2.88. The minimum atomic E-state index is 0.903. The molecule has 1 N–H and O–H groups in total. The molecule has 2 nitrogen and oxygen atoms in total. The number of hydrazine groups is 1. The molecule has 2 fully saturated rings. The van der Waals surface area contributed by atoms with Gasteiger partial charge in [0, 0.05) is 19.1 Å². The molecule has 2 saturated heterocycles. The lowest BCUT2D eigenvalue weighted by Gasteiger charge is -1.96. The van der Waals surface area contributed by atoms with Gasteiger partial charge in [0.2, 0.25) is 0 Å². The van der Waals surface area contributed by atoms with Crippen molar-refractivity contribution >= 4 is 0 Å². The highest BCUT2D eigenvalue weighted by atomic mass is 15.6. The van der Waals surface area contributed by atoms with Gasteiger partial charge in [0.1, 0.15) is 0 Å². The second-order valence-corrected chi connectivity index (χ2v) is 2.56. The quantitative estimate of drug-likeness (QED) is 0.423. The van der Waals surface area contributed by atoms with E-state index in [4.69, 9.17) is 0 Å². The van der Waals surface area contributed by atoms with Crippen LogP contribution in [-0.2, 0) is 0 Å². The van der Waals surface area contributed by atoms with Crippen LogP contribution < -0.4 is 5.43 Å². The average Bonchev–Trinajstić information content (AvgIpc) is 2.33. The van der Waals surface area contributed by atoms with Crippen molar-refractivity contribution < 1.29 is 0 Å². The van der Waals surface area contributed by atoms with Gasteiger partial charge in [-0.05, 0) is 5.92 Å². The van der Waals surface area contributed by atoms with Crippen LogP contribution in [0.3, 0.4) is 0 Å². The summed E-state index contributed by atoms with van der Waals surface area (Å²) in [6.07, 6.45) is 0. The summed E-state index contributed by atoms with van der Waals surface area (Å²) in [5, 5.41) is 2.30. The van der Waals surface area contributed by atoms with Crippen molar-refractivity contribution in [2.75, 3.05) is 13.1 Å². The van der Waals surface area contributed by atoms with Crippen molar-refractivity contribution in [3.05, 3.63) is 0 Å². The molecule has 2 heterocycles. The van der Waals surface area contributed by atoms with E-state index in [0.717, 1.165) is 12.0 Å². The maximum atomic E-state index is 3.28. The first-order chi connectivity index (χ1) is 3.38. The monoisotopic (exact) mass is 98.1 g/mol. The number of rotatable bonds is 0. The van der Waals surface area contributed by atoms with Gasteiger partial charge in [-0.25, -0.2) is 5.01 Å². The van der Waals surface area contributed by atoms with Crippen molar-refractivity contribution in [3.8, 4) is 0 Å². The van der Waals surface area contributed by atoms with E-state index in [9.17, 15) is 0 Å². The molecule has 0 amide bonds. The predicted molar refractivity (Wildman–Crippen MR) is 27.7 cm³/mol. The van der Waals surface area contributed by atoms with Crippen molar-refractivity contribution in [3.63, 3.8) is 0 Å². The Morgan fingerprint density at radius 1 is 1.71 bits per heavy atom. The molecule has 0 bridgehead atoms. The Bertz CT molecular complexity index is 92.1. The van der Waals surface area contributed by atoms with Crippen LogP contribution in [0.5, 0.6) is 0 Å². The molecule has 0 aromatic rings. The molecule has 3 unspecified atom stereocenters. The second-order valence-electron chi connectivity index (χ2n) is 2.56. The number of nitrogens with zero attached hydrogens (tertiary/aromatic N) is 1. The minimum absolute atomic E-state index is 0.903. The van der Waals surface area contributed by atoms with Crippen LogP contribution >= 0.6 is 0 Å². The Labute approximate surface area is 43.5 Å². The summed E-state index contributed by atoms with van der Waals surface area (Å²) in [5.41, 5.74) is 3.28. The fraction of sp³-hybridized carbons (Fsp3) is 1.00. The Balaban J connectivity index is 2.08. The van der Waals surface area contributed by atoms with Crippen LogP contribution in [0.1, 0.15) is 6.92 Å². The lowest BCUT2D eigenvalue weighted by Crippen LogP contribution is -2.17. The van der Waals surface area contributed by atoms with Gasteiger partial charge in [-0.15, -0.1) is 0 Å². The fourth-order valence-electron chi connectivity index (χ4n) is 1.22. The van der Waals surface area contributed by atoms with Crippen LogP contribution in [0, 0.1) is 5.92 Å². The zero-order valence-corrected chi connectivity index (χ0v) is 4.52.